The Morgan fingerprint density at radius 1 is 1.15 bits per heavy atom. The first-order valence-electron chi connectivity index (χ1n) is 4.34. The van der Waals surface area contributed by atoms with Crippen molar-refractivity contribution in [1.82, 2.24) is 0 Å². The van der Waals surface area contributed by atoms with Crippen LogP contribution in [0.25, 0.3) is 0 Å². The number of hydrogen-bond acceptors (Lipinski definition) is 4. The molecule has 0 bridgehead atoms. The lowest BCUT2D eigenvalue weighted by Crippen LogP contribution is -2.55. The smallest absolute Gasteiger partial charge is 0.117 e. The van der Waals surface area contributed by atoms with Crippen molar-refractivity contribution in [1.29, 1.82) is 0 Å². The Labute approximate surface area is 80.0 Å². The third-order valence-electron chi connectivity index (χ3n) is 2.54. The SMILES string of the molecule is COCC(O)(COC)C(C)(C)CN. The molecule has 4 nitrogen and oxygen atoms in total. The predicted molar refractivity (Wildman–Crippen MR) is 51.5 cm³/mol. The molecular weight excluding hydrogens is 170 g/mol. The normalized spacial score (nSPS) is 13.4. The summed E-state index contributed by atoms with van der Waals surface area (Å²) in [7, 11) is 3.10. The van der Waals surface area contributed by atoms with Crippen molar-refractivity contribution < 1.29 is 14.6 Å². The molecule has 4 heteroatoms. The van der Waals surface area contributed by atoms with E-state index in [-0.39, 0.29) is 13.2 Å². The Bertz CT molecular complexity index is 142. The van der Waals surface area contributed by atoms with Crippen LogP contribution in [0.3, 0.4) is 0 Å². The maximum atomic E-state index is 10.2. The Hall–Kier alpha value is -0.160. The first-order chi connectivity index (χ1) is 5.93. The van der Waals surface area contributed by atoms with E-state index in [1.165, 1.54) is 0 Å². The van der Waals surface area contributed by atoms with Crippen molar-refractivity contribution in [2.24, 2.45) is 11.1 Å². The van der Waals surface area contributed by atoms with Gasteiger partial charge in [0.1, 0.15) is 5.60 Å². The molecule has 0 aromatic heterocycles. The van der Waals surface area contributed by atoms with E-state index in [0.29, 0.717) is 6.54 Å². The molecule has 0 rings (SSSR count). The zero-order valence-corrected chi connectivity index (χ0v) is 8.96. The second kappa shape index (κ2) is 4.91. The Morgan fingerprint density at radius 3 is 1.77 bits per heavy atom. The maximum absolute atomic E-state index is 10.2. The average molecular weight is 191 g/mol. The molecule has 3 N–H and O–H groups in total. The highest BCUT2D eigenvalue weighted by molar-refractivity contribution is 4.94. The number of ether oxygens (including phenoxy) is 2. The minimum absolute atomic E-state index is 0.227. The molecule has 0 heterocycles. The van der Waals surface area contributed by atoms with Crippen LogP contribution in [-0.2, 0) is 9.47 Å². The summed E-state index contributed by atoms with van der Waals surface area (Å²) >= 11 is 0. The van der Waals surface area contributed by atoms with Gasteiger partial charge in [0.2, 0.25) is 0 Å². The molecule has 0 aromatic carbocycles. The topological polar surface area (TPSA) is 64.7 Å². The van der Waals surface area contributed by atoms with Crippen LogP contribution in [0, 0.1) is 5.41 Å². The molecule has 0 atom stereocenters. The van der Waals surface area contributed by atoms with Gasteiger partial charge < -0.3 is 20.3 Å². The van der Waals surface area contributed by atoms with Crippen LogP contribution in [0.1, 0.15) is 13.8 Å². The van der Waals surface area contributed by atoms with E-state index in [9.17, 15) is 5.11 Å². The molecule has 0 aliphatic carbocycles. The van der Waals surface area contributed by atoms with E-state index in [0.717, 1.165) is 0 Å². The van der Waals surface area contributed by atoms with Gasteiger partial charge in [-0.05, 0) is 0 Å². The Kier molecular flexibility index (Phi) is 4.85. The monoisotopic (exact) mass is 191 g/mol. The van der Waals surface area contributed by atoms with Crippen molar-refractivity contribution in [3.8, 4) is 0 Å². The lowest BCUT2D eigenvalue weighted by molar-refractivity contribution is -0.142. The Balaban J connectivity index is 4.55. The van der Waals surface area contributed by atoms with E-state index in [1.807, 2.05) is 13.8 Å². The number of rotatable bonds is 6. The molecule has 13 heavy (non-hydrogen) atoms. The molecular formula is C9H21NO3. The van der Waals surface area contributed by atoms with E-state index < -0.39 is 11.0 Å². The van der Waals surface area contributed by atoms with Gasteiger partial charge in [-0.3, -0.25) is 0 Å². The molecule has 0 saturated heterocycles. The predicted octanol–water partition coefficient (Wildman–Crippen LogP) is -0.00480. The van der Waals surface area contributed by atoms with E-state index in [2.05, 4.69) is 0 Å². The summed E-state index contributed by atoms with van der Waals surface area (Å²) < 4.78 is 9.92. The molecule has 80 valence electrons. The molecule has 0 unspecified atom stereocenters. The van der Waals surface area contributed by atoms with Crippen molar-refractivity contribution in [2.75, 3.05) is 34.0 Å². The van der Waals surface area contributed by atoms with Gasteiger partial charge in [-0.1, -0.05) is 13.8 Å². The third kappa shape index (κ3) is 2.91. The second-order valence-electron chi connectivity index (χ2n) is 3.99. The number of aliphatic hydroxyl groups is 1. The van der Waals surface area contributed by atoms with Gasteiger partial charge in [-0.25, -0.2) is 0 Å². The van der Waals surface area contributed by atoms with Gasteiger partial charge in [-0.2, -0.15) is 0 Å². The van der Waals surface area contributed by atoms with Crippen LogP contribution in [0.2, 0.25) is 0 Å². The van der Waals surface area contributed by atoms with Crippen LogP contribution in [-0.4, -0.2) is 44.7 Å². The summed E-state index contributed by atoms with van der Waals surface area (Å²) in [5.41, 5.74) is 4.14. The average Bonchev–Trinajstić information content (AvgIpc) is 2.05. The first-order valence-corrected chi connectivity index (χ1v) is 4.34. The highest BCUT2D eigenvalue weighted by Crippen LogP contribution is 2.30. The summed E-state index contributed by atoms with van der Waals surface area (Å²) in [5.74, 6) is 0. The zero-order valence-electron chi connectivity index (χ0n) is 8.96. The van der Waals surface area contributed by atoms with Crippen LogP contribution >= 0.6 is 0 Å². The van der Waals surface area contributed by atoms with Crippen molar-refractivity contribution in [2.45, 2.75) is 19.4 Å². The fraction of sp³-hybridized carbons (Fsp3) is 1.00. The molecule has 0 aromatic rings. The highest BCUT2D eigenvalue weighted by atomic mass is 16.5. The summed E-state index contributed by atoms with van der Waals surface area (Å²) in [5, 5.41) is 10.2. The van der Waals surface area contributed by atoms with Gasteiger partial charge in [0, 0.05) is 26.2 Å². The van der Waals surface area contributed by atoms with Gasteiger partial charge in [0.25, 0.3) is 0 Å². The van der Waals surface area contributed by atoms with Crippen molar-refractivity contribution in [3.05, 3.63) is 0 Å². The minimum Gasteiger partial charge on any atom is -0.384 e. The van der Waals surface area contributed by atoms with E-state index in [1.54, 1.807) is 14.2 Å². The number of methoxy groups -OCH3 is 2. The summed E-state index contributed by atoms with van der Waals surface area (Å²) in [6.45, 7) is 4.63. The lowest BCUT2D eigenvalue weighted by Gasteiger charge is -2.40. The molecule has 0 spiro atoms. The summed E-state index contributed by atoms with van der Waals surface area (Å²) in [6.07, 6.45) is 0. The van der Waals surface area contributed by atoms with Crippen LogP contribution in [0.15, 0.2) is 0 Å². The van der Waals surface area contributed by atoms with E-state index >= 15 is 0 Å². The van der Waals surface area contributed by atoms with Crippen molar-refractivity contribution >= 4 is 0 Å². The van der Waals surface area contributed by atoms with Crippen LogP contribution in [0.5, 0.6) is 0 Å². The molecule has 0 radical (unpaired) electrons. The number of nitrogens with two attached hydrogens (primary N) is 1. The third-order valence-corrected chi connectivity index (χ3v) is 2.54. The fourth-order valence-electron chi connectivity index (χ4n) is 1.10. The quantitative estimate of drug-likeness (QED) is 0.620. The van der Waals surface area contributed by atoms with Gasteiger partial charge >= 0.3 is 0 Å². The second-order valence-corrected chi connectivity index (χ2v) is 3.99. The molecule has 0 aliphatic rings. The largest absolute Gasteiger partial charge is 0.384 e. The van der Waals surface area contributed by atoms with Crippen LogP contribution < -0.4 is 5.73 Å². The maximum Gasteiger partial charge on any atom is 0.117 e. The van der Waals surface area contributed by atoms with E-state index in [4.69, 9.17) is 15.2 Å². The summed E-state index contributed by atoms with van der Waals surface area (Å²) in [6, 6.07) is 0. The summed E-state index contributed by atoms with van der Waals surface area (Å²) in [4.78, 5) is 0. The number of hydrogen-bond donors (Lipinski definition) is 2. The lowest BCUT2D eigenvalue weighted by atomic mass is 9.75. The molecule has 0 amide bonds. The molecule has 0 aliphatic heterocycles. The fourth-order valence-corrected chi connectivity index (χ4v) is 1.10. The Morgan fingerprint density at radius 2 is 1.54 bits per heavy atom. The highest BCUT2D eigenvalue weighted by Gasteiger charge is 2.42. The van der Waals surface area contributed by atoms with Crippen molar-refractivity contribution in [3.63, 3.8) is 0 Å². The standard InChI is InChI=1S/C9H21NO3/c1-8(2,5-10)9(11,6-12-3)7-13-4/h11H,5-7,10H2,1-4H3. The first kappa shape index (κ1) is 12.8. The van der Waals surface area contributed by atoms with Gasteiger partial charge in [0.05, 0.1) is 13.2 Å². The van der Waals surface area contributed by atoms with Gasteiger partial charge in [0.15, 0.2) is 0 Å². The molecule has 0 fully saturated rings. The zero-order chi connectivity index (χ0) is 10.5. The van der Waals surface area contributed by atoms with Gasteiger partial charge in [-0.15, -0.1) is 0 Å². The minimum atomic E-state index is -1.02. The van der Waals surface area contributed by atoms with Crippen LogP contribution in [0.4, 0.5) is 0 Å². The molecule has 0 saturated carbocycles.